The fraction of sp³-hybridized carbons (Fsp3) is 0.417. The Labute approximate surface area is 199 Å². The molecule has 2 aromatic rings. The number of aryl methyl sites for hydroxylation is 1. The molecule has 0 aliphatic carbocycles. The Bertz CT molecular complexity index is 869. The van der Waals surface area contributed by atoms with Gasteiger partial charge in [-0.05, 0) is 51.0 Å². The topological polar surface area (TPSA) is 49.4 Å². The van der Waals surface area contributed by atoms with Crippen molar-refractivity contribution in [3.8, 4) is 0 Å². The number of nitrogens with one attached hydrogen (secondary N) is 1. The summed E-state index contributed by atoms with van der Waals surface area (Å²) in [6.07, 6.45) is 1.31. The SMILES string of the molecule is CC[C@@H](C)NC(=O)[C@H](CC)N(Cc1c(Cl)cccc1Cl)C(=O)CSc1ccc(C)cc1. The molecule has 1 N–H and O–H groups in total. The van der Waals surface area contributed by atoms with E-state index in [1.54, 1.807) is 23.1 Å². The third kappa shape index (κ3) is 7.44. The fourth-order valence-electron chi connectivity index (χ4n) is 3.08. The van der Waals surface area contributed by atoms with E-state index in [2.05, 4.69) is 5.32 Å². The van der Waals surface area contributed by atoms with Crippen molar-refractivity contribution in [3.05, 3.63) is 63.6 Å². The molecular weight excluding hydrogens is 451 g/mol. The molecule has 0 bridgehead atoms. The maximum atomic E-state index is 13.3. The van der Waals surface area contributed by atoms with E-state index in [1.807, 2.05) is 52.0 Å². The summed E-state index contributed by atoms with van der Waals surface area (Å²) in [4.78, 5) is 28.9. The average Bonchev–Trinajstić information content (AvgIpc) is 2.74. The lowest BCUT2D eigenvalue weighted by Crippen LogP contribution is -2.51. The van der Waals surface area contributed by atoms with Crippen molar-refractivity contribution in [2.24, 2.45) is 0 Å². The molecular formula is C24H30Cl2N2O2S. The predicted molar refractivity (Wildman–Crippen MR) is 131 cm³/mol. The van der Waals surface area contributed by atoms with Gasteiger partial charge in [0, 0.05) is 33.1 Å². The third-order valence-electron chi connectivity index (χ3n) is 5.16. The van der Waals surface area contributed by atoms with Crippen LogP contribution in [0.4, 0.5) is 0 Å². The van der Waals surface area contributed by atoms with Crippen LogP contribution in [0.1, 0.15) is 44.7 Å². The van der Waals surface area contributed by atoms with Crippen LogP contribution in [0.15, 0.2) is 47.4 Å². The summed E-state index contributed by atoms with van der Waals surface area (Å²) in [6.45, 7) is 8.07. The number of carbonyl (C=O) groups is 2. The van der Waals surface area contributed by atoms with Gasteiger partial charge in [0.15, 0.2) is 0 Å². The van der Waals surface area contributed by atoms with Crippen LogP contribution in [0.3, 0.4) is 0 Å². The van der Waals surface area contributed by atoms with Crippen LogP contribution in [0.5, 0.6) is 0 Å². The molecule has 0 heterocycles. The molecule has 0 aliphatic heterocycles. The number of halogens is 2. The number of carbonyl (C=O) groups excluding carboxylic acids is 2. The summed E-state index contributed by atoms with van der Waals surface area (Å²) >= 11 is 14.2. The van der Waals surface area contributed by atoms with Crippen LogP contribution in [-0.2, 0) is 16.1 Å². The molecule has 31 heavy (non-hydrogen) atoms. The Morgan fingerprint density at radius 1 is 1.03 bits per heavy atom. The van der Waals surface area contributed by atoms with Gasteiger partial charge in [0.1, 0.15) is 6.04 Å². The quantitative estimate of drug-likeness (QED) is 0.416. The van der Waals surface area contributed by atoms with Crippen LogP contribution in [0.2, 0.25) is 10.0 Å². The second-order valence-electron chi connectivity index (χ2n) is 7.57. The van der Waals surface area contributed by atoms with Gasteiger partial charge >= 0.3 is 0 Å². The van der Waals surface area contributed by atoms with E-state index < -0.39 is 6.04 Å². The first-order chi connectivity index (χ1) is 14.8. The molecule has 4 nitrogen and oxygen atoms in total. The lowest BCUT2D eigenvalue weighted by molar-refractivity contribution is -0.139. The molecule has 0 unspecified atom stereocenters. The number of rotatable bonds is 10. The number of hydrogen-bond donors (Lipinski definition) is 1. The summed E-state index contributed by atoms with van der Waals surface area (Å²) in [6, 6.07) is 12.7. The first kappa shape index (κ1) is 25.6. The van der Waals surface area contributed by atoms with Gasteiger partial charge in [-0.25, -0.2) is 0 Å². The zero-order chi connectivity index (χ0) is 23.0. The molecule has 0 spiro atoms. The molecule has 0 saturated carbocycles. The fourth-order valence-corrected chi connectivity index (χ4v) is 4.38. The van der Waals surface area contributed by atoms with E-state index in [0.717, 1.165) is 11.3 Å². The molecule has 2 rings (SSSR count). The highest BCUT2D eigenvalue weighted by molar-refractivity contribution is 8.00. The van der Waals surface area contributed by atoms with Crippen LogP contribution >= 0.6 is 35.0 Å². The van der Waals surface area contributed by atoms with Crippen molar-refractivity contribution in [2.45, 2.75) is 64.1 Å². The van der Waals surface area contributed by atoms with Gasteiger partial charge in [-0.1, -0.05) is 60.8 Å². The summed E-state index contributed by atoms with van der Waals surface area (Å²) in [5, 5.41) is 3.97. The van der Waals surface area contributed by atoms with Crippen molar-refractivity contribution >= 4 is 46.8 Å². The maximum Gasteiger partial charge on any atom is 0.243 e. The Balaban J connectivity index is 2.27. The summed E-state index contributed by atoms with van der Waals surface area (Å²) in [5.74, 6) is -0.0699. The molecule has 7 heteroatoms. The minimum absolute atomic E-state index is 0.0318. The van der Waals surface area contributed by atoms with Crippen molar-refractivity contribution in [2.75, 3.05) is 5.75 Å². The Morgan fingerprint density at radius 3 is 2.19 bits per heavy atom. The van der Waals surface area contributed by atoms with E-state index in [1.165, 1.54) is 17.3 Å². The lowest BCUT2D eigenvalue weighted by Gasteiger charge is -2.32. The summed E-state index contributed by atoms with van der Waals surface area (Å²) in [5.41, 5.74) is 1.81. The molecule has 0 fully saturated rings. The number of thioether (sulfide) groups is 1. The van der Waals surface area contributed by atoms with Gasteiger partial charge in [-0.2, -0.15) is 0 Å². The molecule has 0 radical (unpaired) electrons. The van der Waals surface area contributed by atoms with Crippen LogP contribution in [-0.4, -0.2) is 34.6 Å². The minimum atomic E-state index is -0.604. The van der Waals surface area contributed by atoms with Gasteiger partial charge in [0.2, 0.25) is 11.8 Å². The van der Waals surface area contributed by atoms with E-state index in [0.29, 0.717) is 22.0 Å². The highest BCUT2D eigenvalue weighted by Crippen LogP contribution is 2.28. The van der Waals surface area contributed by atoms with E-state index in [9.17, 15) is 9.59 Å². The first-order valence-electron chi connectivity index (χ1n) is 10.5. The van der Waals surface area contributed by atoms with Crippen LogP contribution < -0.4 is 5.32 Å². The second kappa shape index (κ2) is 12.4. The van der Waals surface area contributed by atoms with E-state index >= 15 is 0 Å². The molecule has 168 valence electrons. The average molecular weight is 481 g/mol. The van der Waals surface area contributed by atoms with Crippen LogP contribution in [0.25, 0.3) is 0 Å². The van der Waals surface area contributed by atoms with Crippen LogP contribution in [0, 0.1) is 6.92 Å². The van der Waals surface area contributed by atoms with Gasteiger partial charge in [-0.3, -0.25) is 9.59 Å². The molecule has 0 aromatic heterocycles. The molecule has 2 atom stereocenters. The summed E-state index contributed by atoms with van der Waals surface area (Å²) < 4.78 is 0. The number of nitrogens with zero attached hydrogens (tertiary/aromatic N) is 1. The normalized spacial score (nSPS) is 12.8. The van der Waals surface area contributed by atoms with Gasteiger partial charge in [-0.15, -0.1) is 11.8 Å². The smallest absolute Gasteiger partial charge is 0.243 e. The van der Waals surface area contributed by atoms with Gasteiger partial charge in [0.05, 0.1) is 5.75 Å². The molecule has 0 aliphatic rings. The first-order valence-corrected chi connectivity index (χ1v) is 12.2. The number of amides is 2. The number of hydrogen-bond acceptors (Lipinski definition) is 3. The monoisotopic (exact) mass is 480 g/mol. The third-order valence-corrected chi connectivity index (χ3v) is 6.87. The Hall–Kier alpha value is -1.69. The minimum Gasteiger partial charge on any atom is -0.352 e. The number of benzene rings is 2. The molecule has 2 aromatic carbocycles. The highest BCUT2D eigenvalue weighted by atomic mass is 35.5. The highest BCUT2D eigenvalue weighted by Gasteiger charge is 2.30. The standard InChI is InChI=1S/C24H30Cl2N2O2S/c1-5-17(4)27-24(30)22(6-2)28(14-19-20(25)8-7-9-21(19)26)23(29)15-31-18-12-10-16(3)11-13-18/h7-13,17,22H,5-6,14-15H2,1-4H3,(H,27,30)/t17-,22+/m1/s1. The predicted octanol–water partition coefficient (Wildman–Crippen LogP) is 6.12. The Morgan fingerprint density at radius 2 is 1.65 bits per heavy atom. The molecule has 2 amide bonds. The Kier molecular flexibility index (Phi) is 10.2. The van der Waals surface area contributed by atoms with Crippen molar-refractivity contribution < 1.29 is 9.59 Å². The second-order valence-corrected chi connectivity index (χ2v) is 9.43. The van der Waals surface area contributed by atoms with E-state index in [-0.39, 0.29) is 30.2 Å². The zero-order valence-corrected chi connectivity index (χ0v) is 20.8. The maximum absolute atomic E-state index is 13.3. The lowest BCUT2D eigenvalue weighted by atomic mass is 10.1. The summed E-state index contributed by atoms with van der Waals surface area (Å²) in [7, 11) is 0. The van der Waals surface area contributed by atoms with Crippen molar-refractivity contribution in [1.29, 1.82) is 0 Å². The van der Waals surface area contributed by atoms with Crippen molar-refractivity contribution in [1.82, 2.24) is 10.2 Å². The zero-order valence-electron chi connectivity index (χ0n) is 18.5. The largest absolute Gasteiger partial charge is 0.352 e. The van der Waals surface area contributed by atoms with E-state index in [4.69, 9.17) is 23.2 Å². The van der Waals surface area contributed by atoms with Gasteiger partial charge < -0.3 is 10.2 Å². The van der Waals surface area contributed by atoms with Gasteiger partial charge in [0.25, 0.3) is 0 Å². The molecule has 0 saturated heterocycles. The van der Waals surface area contributed by atoms with Crippen molar-refractivity contribution in [3.63, 3.8) is 0 Å².